The molecule has 3 rings (SSSR count). The molecule has 1 unspecified atom stereocenters. The lowest BCUT2D eigenvalue weighted by atomic mass is 10.1. The van der Waals surface area contributed by atoms with Crippen molar-refractivity contribution in [3.8, 4) is 0 Å². The first-order valence-electron chi connectivity index (χ1n) is 7.66. The van der Waals surface area contributed by atoms with E-state index in [0.717, 1.165) is 0 Å². The Balaban J connectivity index is 2.03. The number of nitrogens with zero attached hydrogens (tertiary/aromatic N) is 4. The summed E-state index contributed by atoms with van der Waals surface area (Å²) in [5.41, 5.74) is 12.4. The number of fused-ring (bicyclic) bond motifs is 1. The minimum atomic E-state index is -2.97. The molecule has 3 heterocycles. The molecule has 0 radical (unpaired) electrons. The van der Waals surface area contributed by atoms with Crippen LogP contribution in [0.5, 0.6) is 0 Å². The Morgan fingerprint density at radius 1 is 1.35 bits per heavy atom. The standard InChI is InChI=1S/C13H21N6O5PS/c1-21-4-6-8(24-25(3,20)26)9(22-2)12(23-6)19-5-16-7-10(14)17-13(15)18-11(7)19/h5-6,8-9,12H,4H2,1-3H3,(H,20,26)(H4,14,15,17,18)/t6-,8+,9+,12-,25?/m1/s1. The monoisotopic (exact) mass is 404 g/mol. The molecule has 1 saturated heterocycles. The molecule has 1 aliphatic heterocycles. The number of methoxy groups -OCH3 is 2. The molecule has 0 aromatic carbocycles. The molecule has 0 aliphatic carbocycles. The van der Waals surface area contributed by atoms with Gasteiger partial charge in [0.05, 0.1) is 12.9 Å². The lowest BCUT2D eigenvalue weighted by molar-refractivity contribution is -0.0628. The highest BCUT2D eigenvalue weighted by Gasteiger charge is 2.48. The molecule has 5 atom stereocenters. The van der Waals surface area contributed by atoms with Gasteiger partial charge in [0, 0.05) is 20.9 Å². The maximum absolute atomic E-state index is 10.0. The Hall–Kier alpha value is -1.40. The molecule has 1 aliphatic rings. The molecule has 5 N–H and O–H groups in total. The fourth-order valence-corrected chi connectivity index (χ4v) is 3.98. The van der Waals surface area contributed by atoms with Gasteiger partial charge in [0.15, 0.2) is 24.2 Å². The van der Waals surface area contributed by atoms with Crippen molar-refractivity contribution in [2.45, 2.75) is 24.5 Å². The number of ether oxygens (including phenoxy) is 3. The van der Waals surface area contributed by atoms with E-state index < -0.39 is 31.0 Å². The van der Waals surface area contributed by atoms with Gasteiger partial charge in [-0.3, -0.25) is 4.57 Å². The first-order chi connectivity index (χ1) is 12.2. The Kier molecular flexibility index (Phi) is 5.45. The van der Waals surface area contributed by atoms with Crippen LogP contribution in [-0.2, 0) is 30.5 Å². The molecule has 1 fully saturated rings. The summed E-state index contributed by atoms with van der Waals surface area (Å²) in [6.45, 7) is -1.28. The van der Waals surface area contributed by atoms with E-state index in [2.05, 4.69) is 15.0 Å². The normalized spacial score (nSPS) is 28.5. The van der Waals surface area contributed by atoms with Gasteiger partial charge in [-0.05, 0) is 11.8 Å². The van der Waals surface area contributed by atoms with Gasteiger partial charge in [0.2, 0.25) is 5.95 Å². The molecule has 0 amide bonds. The summed E-state index contributed by atoms with van der Waals surface area (Å²) >= 11 is 5.03. The average molecular weight is 404 g/mol. The molecule has 2 aromatic rings. The summed E-state index contributed by atoms with van der Waals surface area (Å²) in [7, 11) is 3.05. The zero-order valence-corrected chi connectivity index (χ0v) is 16.2. The molecule has 0 bridgehead atoms. The van der Waals surface area contributed by atoms with Crippen LogP contribution in [0.2, 0.25) is 0 Å². The van der Waals surface area contributed by atoms with Gasteiger partial charge in [0.1, 0.15) is 23.8 Å². The molecular formula is C13H21N6O5PS. The van der Waals surface area contributed by atoms with Crippen molar-refractivity contribution >= 4 is 41.2 Å². The van der Waals surface area contributed by atoms with Gasteiger partial charge < -0.3 is 35.1 Å². The highest BCUT2D eigenvalue weighted by molar-refractivity contribution is 8.09. The van der Waals surface area contributed by atoms with Crippen LogP contribution in [0.1, 0.15) is 6.23 Å². The maximum Gasteiger partial charge on any atom is 0.224 e. The summed E-state index contributed by atoms with van der Waals surface area (Å²) in [5, 5.41) is 0. The highest BCUT2D eigenvalue weighted by atomic mass is 32.5. The van der Waals surface area contributed by atoms with Gasteiger partial charge in [-0.1, -0.05) is 0 Å². The van der Waals surface area contributed by atoms with Crippen molar-refractivity contribution in [1.82, 2.24) is 19.5 Å². The topological polar surface area (TPSA) is 153 Å². The number of aromatic nitrogens is 4. The largest absolute Gasteiger partial charge is 0.382 e. The Morgan fingerprint density at radius 2 is 2.08 bits per heavy atom. The lowest BCUT2D eigenvalue weighted by Gasteiger charge is -2.25. The number of hydrogen-bond donors (Lipinski definition) is 3. The Morgan fingerprint density at radius 3 is 2.69 bits per heavy atom. The van der Waals surface area contributed by atoms with Crippen molar-refractivity contribution in [2.24, 2.45) is 0 Å². The number of nitrogen functional groups attached to an aromatic ring is 2. The van der Waals surface area contributed by atoms with Gasteiger partial charge in [-0.25, -0.2) is 4.98 Å². The predicted octanol–water partition coefficient (Wildman–Crippen LogP) is -0.134. The van der Waals surface area contributed by atoms with Crippen molar-refractivity contribution in [3.05, 3.63) is 6.33 Å². The van der Waals surface area contributed by atoms with E-state index in [1.54, 1.807) is 4.57 Å². The van der Waals surface area contributed by atoms with Gasteiger partial charge in [-0.15, -0.1) is 0 Å². The Bertz CT molecular complexity index is 844. The van der Waals surface area contributed by atoms with Gasteiger partial charge >= 0.3 is 0 Å². The van der Waals surface area contributed by atoms with Crippen LogP contribution in [0, 0.1) is 0 Å². The number of anilines is 2. The van der Waals surface area contributed by atoms with E-state index >= 15 is 0 Å². The average Bonchev–Trinajstić information content (AvgIpc) is 3.08. The van der Waals surface area contributed by atoms with Crippen molar-refractivity contribution in [3.63, 3.8) is 0 Å². The van der Waals surface area contributed by atoms with E-state index in [4.69, 9.17) is 42.0 Å². The molecule has 144 valence electrons. The van der Waals surface area contributed by atoms with E-state index in [0.29, 0.717) is 11.2 Å². The van der Waals surface area contributed by atoms with E-state index in [1.165, 1.54) is 27.2 Å². The number of rotatable bonds is 6. The third kappa shape index (κ3) is 3.67. The second-order valence-corrected chi connectivity index (χ2v) is 9.73. The second kappa shape index (κ2) is 7.31. The van der Waals surface area contributed by atoms with E-state index in [9.17, 15) is 4.89 Å². The molecule has 0 spiro atoms. The number of nitrogens with two attached hydrogens (primary N) is 2. The summed E-state index contributed by atoms with van der Waals surface area (Å²) in [5.74, 6) is 0.184. The van der Waals surface area contributed by atoms with Gasteiger partial charge in [0.25, 0.3) is 0 Å². The molecule has 2 aromatic heterocycles. The SMILES string of the molecule is COC[C@H]1O[C@@H](n2cnc3c(N)nc(N)nc32)[C@@H](OC)[C@H]1OP(C)(O)=S. The quantitative estimate of drug-likeness (QED) is 0.552. The fraction of sp³-hybridized carbons (Fsp3) is 0.615. The molecule has 11 nitrogen and oxygen atoms in total. The van der Waals surface area contributed by atoms with Crippen LogP contribution in [0.4, 0.5) is 11.8 Å². The smallest absolute Gasteiger partial charge is 0.224 e. The molecular weight excluding hydrogens is 383 g/mol. The molecule has 26 heavy (non-hydrogen) atoms. The maximum atomic E-state index is 10.0. The van der Waals surface area contributed by atoms with E-state index in [1.807, 2.05) is 0 Å². The van der Waals surface area contributed by atoms with Crippen molar-refractivity contribution in [2.75, 3.05) is 39.0 Å². The first-order valence-corrected chi connectivity index (χ1v) is 10.8. The summed E-state index contributed by atoms with van der Waals surface area (Å²) in [6, 6.07) is 0. The van der Waals surface area contributed by atoms with Crippen molar-refractivity contribution < 1.29 is 23.6 Å². The van der Waals surface area contributed by atoms with Crippen LogP contribution in [0.3, 0.4) is 0 Å². The van der Waals surface area contributed by atoms with E-state index in [-0.39, 0.29) is 18.4 Å². The lowest BCUT2D eigenvalue weighted by Crippen LogP contribution is -2.37. The van der Waals surface area contributed by atoms with Crippen molar-refractivity contribution in [1.29, 1.82) is 0 Å². The van der Waals surface area contributed by atoms with Crippen LogP contribution < -0.4 is 11.5 Å². The first kappa shape index (κ1) is 19.4. The van der Waals surface area contributed by atoms with Gasteiger partial charge in [-0.2, -0.15) is 9.97 Å². The zero-order valence-electron chi connectivity index (χ0n) is 14.5. The number of hydrogen-bond acceptors (Lipinski definition) is 10. The van der Waals surface area contributed by atoms with Crippen LogP contribution in [0.25, 0.3) is 11.2 Å². The predicted molar refractivity (Wildman–Crippen MR) is 98.0 cm³/mol. The summed E-state index contributed by atoms with van der Waals surface area (Å²) < 4.78 is 24.2. The third-order valence-corrected chi connectivity index (χ3v) is 4.84. The van der Waals surface area contributed by atoms with Crippen LogP contribution in [0.15, 0.2) is 6.33 Å². The minimum Gasteiger partial charge on any atom is -0.382 e. The minimum absolute atomic E-state index is 0.0179. The summed E-state index contributed by atoms with van der Waals surface area (Å²) in [6.07, 6.45) is -0.901. The highest BCUT2D eigenvalue weighted by Crippen LogP contribution is 2.45. The third-order valence-electron chi connectivity index (χ3n) is 3.95. The zero-order chi connectivity index (χ0) is 19.1. The fourth-order valence-electron chi connectivity index (χ4n) is 2.98. The molecule has 13 heteroatoms. The summed E-state index contributed by atoms with van der Waals surface area (Å²) in [4.78, 5) is 22.3. The Labute approximate surface area is 154 Å². The van der Waals surface area contributed by atoms with Crippen LogP contribution in [-0.4, -0.2) is 70.2 Å². The molecule has 0 saturated carbocycles. The van der Waals surface area contributed by atoms with Crippen LogP contribution >= 0.6 is 6.49 Å². The number of imidazole rings is 1. The second-order valence-electron chi connectivity index (χ2n) is 5.88.